The smallest absolute Gasteiger partial charge is 0.0862 e. The second kappa shape index (κ2) is 6.53. The number of fused-ring (bicyclic) bond motifs is 1. The van der Waals surface area contributed by atoms with Gasteiger partial charge in [0.25, 0.3) is 0 Å². The van der Waals surface area contributed by atoms with Gasteiger partial charge in [-0.05, 0) is 35.7 Å². The Morgan fingerprint density at radius 2 is 1.95 bits per heavy atom. The summed E-state index contributed by atoms with van der Waals surface area (Å²) >= 11 is 6.12. The van der Waals surface area contributed by atoms with Gasteiger partial charge in [-0.15, -0.1) is 0 Å². The molecule has 0 radical (unpaired) electrons. The zero-order valence-corrected chi connectivity index (χ0v) is 13.8. The van der Waals surface area contributed by atoms with Crippen LogP contribution in [0.1, 0.15) is 25.8 Å². The molecule has 2 aromatic carbocycles. The van der Waals surface area contributed by atoms with Gasteiger partial charge in [0.1, 0.15) is 0 Å². The van der Waals surface area contributed by atoms with E-state index in [1.165, 1.54) is 17.0 Å². The fourth-order valence-corrected chi connectivity index (χ4v) is 3.06. The molecule has 0 bridgehead atoms. The van der Waals surface area contributed by atoms with Crippen LogP contribution in [0.25, 0.3) is 0 Å². The van der Waals surface area contributed by atoms with Crippen molar-refractivity contribution < 1.29 is 0 Å². The Kier molecular flexibility index (Phi) is 4.49. The van der Waals surface area contributed by atoms with E-state index in [0.29, 0.717) is 5.92 Å². The van der Waals surface area contributed by atoms with E-state index in [-0.39, 0.29) is 0 Å². The first kappa shape index (κ1) is 15.1. The molecule has 2 aromatic rings. The maximum atomic E-state index is 6.12. The number of nitrogens with zero attached hydrogens (tertiary/aromatic N) is 2. The highest BCUT2D eigenvalue weighted by Gasteiger charge is 2.18. The van der Waals surface area contributed by atoms with Crippen LogP contribution in [0.5, 0.6) is 0 Å². The molecule has 2 nitrogen and oxygen atoms in total. The lowest BCUT2D eigenvalue weighted by Gasteiger charge is -2.24. The largest absolute Gasteiger partial charge is 0.365 e. The molecule has 3 rings (SSSR count). The van der Waals surface area contributed by atoms with Crippen molar-refractivity contribution in [2.75, 3.05) is 11.4 Å². The summed E-state index contributed by atoms with van der Waals surface area (Å²) in [6.07, 6.45) is 1.01. The fourth-order valence-electron chi connectivity index (χ4n) is 2.84. The Hall–Kier alpha value is -1.80. The standard InChI is InChI=1S/C19H21ClN2/c1-14(2)17-10-11-22(13-15-6-5-7-16(20)12-15)19-9-4-3-8-18(19)21-17/h3-9,12,14H,10-11,13H2,1-2H3. The topological polar surface area (TPSA) is 15.6 Å². The van der Waals surface area contributed by atoms with Crippen LogP contribution >= 0.6 is 11.6 Å². The Bertz CT molecular complexity index is 691. The molecule has 22 heavy (non-hydrogen) atoms. The first-order chi connectivity index (χ1) is 10.6. The average molecular weight is 313 g/mol. The van der Waals surface area contributed by atoms with Crippen molar-refractivity contribution in [2.45, 2.75) is 26.8 Å². The SMILES string of the molecule is CC(C)C1=Nc2ccccc2N(Cc2cccc(Cl)c2)CC1. The molecular weight excluding hydrogens is 292 g/mol. The number of rotatable bonds is 3. The zero-order chi connectivity index (χ0) is 15.5. The van der Waals surface area contributed by atoms with E-state index >= 15 is 0 Å². The van der Waals surface area contributed by atoms with Crippen LogP contribution in [0.15, 0.2) is 53.5 Å². The maximum absolute atomic E-state index is 6.12. The number of aliphatic imine (C=N–C) groups is 1. The van der Waals surface area contributed by atoms with Gasteiger partial charge in [0, 0.05) is 30.2 Å². The van der Waals surface area contributed by atoms with Crippen LogP contribution in [0, 0.1) is 5.92 Å². The summed E-state index contributed by atoms with van der Waals surface area (Å²) in [5.41, 5.74) is 4.79. The van der Waals surface area contributed by atoms with Gasteiger partial charge < -0.3 is 4.90 Å². The van der Waals surface area contributed by atoms with Crippen molar-refractivity contribution in [3.63, 3.8) is 0 Å². The highest BCUT2D eigenvalue weighted by Crippen LogP contribution is 2.33. The van der Waals surface area contributed by atoms with Crippen LogP contribution < -0.4 is 4.90 Å². The van der Waals surface area contributed by atoms with Crippen molar-refractivity contribution in [3.8, 4) is 0 Å². The van der Waals surface area contributed by atoms with Gasteiger partial charge in [-0.2, -0.15) is 0 Å². The van der Waals surface area contributed by atoms with Crippen LogP contribution in [0.2, 0.25) is 5.02 Å². The molecule has 1 aliphatic rings. The molecule has 114 valence electrons. The van der Waals surface area contributed by atoms with E-state index in [0.717, 1.165) is 30.2 Å². The molecule has 0 fully saturated rings. The predicted octanol–water partition coefficient (Wildman–Crippen LogP) is 5.48. The van der Waals surface area contributed by atoms with Gasteiger partial charge in [-0.25, -0.2) is 0 Å². The average Bonchev–Trinajstić information content (AvgIpc) is 2.68. The molecule has 0 spiro atoms. The molecule has 0 N–H and O–H groups in total. The summed E-state index contributed by atoms with van der Waals surface area (Å²) in [5, 5.41) is 0.791. The van der Waals surface area contributed by atoms with E-state index in [1.807, 2.05) is 18.2 Å². The molecule has 0 amide bonds. The second-order valence-corrected chi connectivity index (χ2v) is 6.48. The van der Waals surface area contributed by atoms with E-state index in [4.69, 9.17) is 16.6 Å². The van der Waals surface area contributed by atoms with E-state index in [1.54, 1.807) is 0 Å². The Morgan fingerprint density at radius 3 is 2.73 bits per heavy atom. The van der Waals surface area contributed by atoms with Crippen LogP contribution in [0.3, 0.4) is 0 Å². The summed E-state index contributed by atoms with van der Waals surface area (Å²) in [6, 6.07) is 16.5. The summed E-state index contributed by atoms with van der Waals surface area (Å²) in [7, 11) is 0. The lowest BCUT2D eigenvalue weighted by Crippen LogP contribution is -2.25. The van der Waals surface area contributed by atoms with E-state index < -0.39 is 0 Å². The lowest BCUT2D eigenvalue weighted by molar-refractivity contribution is 0.784. The van der Waals surface area contributed by atoms with Crippen molar-refractivity contribution in [2.24, 2.45) is 10.9 Å². The lowest BCUT2D eigenvalue weighted by atomic mass is 10.1. The molecule has 0 aliphatic carbocycles. The molecule has 1 heterocycles. The van der Waals surface area contributed by atoms with Gasteiger partial charge in [-0.3, -0.25) is 4.99 Å². The summed E-state index contributed by atoms with van der Waals surface area (Å²) < 4.78 is 0. The second-order valence-electron chi connectivity index (χ2n) is 6.05. The molecule has 1 aliphatic heterocycles. The van der Waals surface area contributed by atoms with Crippen molar-refractivity contribution in [1.29, 1.82) is 0 Å². The summed E-state index contributed by atoms with van der Waals surface area (Å²) in [6.45, 7) is 6.28. The molecular formula is C19H21ClN2. The first-order valence-corrected chi connectivity index (χ1v) is 8.17. The predicted molar refractivity (Wildman–Crippen MR) is 95.5 cm³/mol. The quantitative estimate of drug-likeness (QED) is 0.733. The zero-order valence-electron chi connectivity index (χ0n) is 13.1. The first-order valence-electron chi connectivity index (χ1n) is 7.79. The third-order valence-corrected chi connectivity index (χ3v) is 4.29. The number of benzene rings is 2. The summed E-state index contributed by atoms with van der Waals surface area (Å²) in [5.74, 6) is 0.485. The van der Waals surface area contributed by atoms with Crippen molar-refractivity contribution >= 4 is 28.7 Å². The molecule has 0 saturated heterocycles. The number of halogens is 1. The fraction of sp³-hybridized carbons (Fsp3) is 0.316. The molecule has 0 atom stereocenters. The molecule has 0 unspecified atom stereocenters. The third kappa shape index (κ3) is 3.33. The Labute approximate surface area is 137 Å². The normalized spacial score (nSPS) is 14.5. The maximum Gasteiger partial charge on any atom is 0.0862 e. The number of anilines is 1. The minimum atomic E-state index is 0.485. The third-order valence-electron chi connectivity index (χ3n) is 4.05. The Morgan fingerprint density at radius 1 is 1.14 bits per heavy atom. The van der Waals surface area contributed by atoms with Gasteiger partial charge >= 0.3 is 0 Å². The van der Waals surface area contributed by atoms with Crippen molar-refractivity contribution in [1.82, 2.24) is 0 Å². The van der Waals surface area contributed by atoms with E-state index in [9.17, 15) is 0 Å². The van der Waals surface area contributed by atoms with E-state index in [2.05, 4.69) is 49.1 Å². The van der Waals surface area contributed by atoms with Gasteiger partial charge in [0.15, 0.2) is 0 Å². The molecule has 3 heteroatoms. The van der Waals surface area contributed by atoms with Crippen LogP contribution in [-0.2, 0) is 6.54 Å². The number of hydrogen-bond acceptors (Lipinski definition) is 2. The molecule has 0 saturated carbocycles. The van der Waals surface area contributed by atoms with Crippen LogP contribution in [-0.4, -0.2) is 12.3 Å². The van der Waals surface area contributed by atoms with Gasteiger partial charge in [0.2, 0.25) is 0 Å². The highest BCUT2D eigenvalue weighted by atomic mass is 35.5. The number of hydrogen-bond donors (Lipinski definition) is 0. The Balaban J connectivity index is 1.92. The summed E-state index contributed by atoms with van der Waals surface area (Å²) in [4.78, 5) is 7.30. The van der Waals surface area contributed by atoms with Crippen molar-refractivity contribution in [3.05, 3.63) is 59.1 Å². The monoisotopic (exact) mass is 312 g/mol. The molecule has 0 aromatic heterocycles. The highest BCUT2D eigenvalue weighted by molar-refractivity contribution is 6.30. The number of para-hydroxylation sites is 2. The van der Waals surface area contributed by atoms with Gasteiger partial charge in [-0.1, -0.05) is 49.7 Å². The minimum Gasteiger partial charge on any atom is -0.365 e. The van der Waals surface area contributed by atoms with Crippen LogP contribution in [0.4, 0.5) is 11.4 Å². The van der Waals surface area contributed by atoms with Gasteiger partial charge in [0.05, 0.1) is 11.4 Å². The minimum absolute atomic E-state index is 0.485.